The van der Waals surface area contributed by atoms with Gasteiger partial charge in [0.05, 0.1) is 11.9 Å². The molecule has 0 amide bonds. The van der Waals surface area contributed by atoms with Crippen LogP contribution in [0.2, 0.25) is 0 Å². The second-order valence-electron chi connectivity index (χ2n) is 15.5. The van der Waals surface area contributed by atoms with E-state index in [9.17, 15) is 0 Å². The van der Waals surface area contributed by atoms with Crippen molar-refractivity contribution in [3.8, 4) is 45.4 Å². The molecule has 3 aromatic heterocycles. The van der Waals surface area contributed by atoms with Gasteiger partial charge >= 0.3 is 21.1 Å². The molecule has 0 radical (unpaired) electrons. The summed E-state index contributed by atoms with van der Waals surface area (Å²) in [5.41, 5.74) is 15.9. The number of hydrogen-bond acceptors (Lipinski definition) is 3. The number of para-hydroxylation sites is 1. The van der Waals surface area contributed by atoms with Crippen molar-refractivity contribution >= 4 is 21.8 Å². The molecule has 0 saturated carbocycles. The first kappa shape index (κ1) is 37.1. The Morgan fingerprint density at radius 2 is 1.30 bits per heavy atom. The van der Waals surface area contributed by atoms with Gasteiger partial charge in [-0.1, -0.05) is 79.9 Å². The number of benzene rings is 5. The minimum absolute atomic E-state index is 0. The Bertz CT molecular complexity index is 2660. The Hall–Kier alpha value is -5.25. The number of nitrogens with zero attached hydrogens (tertiary/aromatic N) is 4. The maximum atomic E-state index is 6.58. The van der Waals surface area contributed by atoms with Crippen LogP contribution in [0.15, 0.2) is 103 Å². The van der Waals surface area contributed by atoms with E-state index in [-0.39, 0.29) is 26.5 Å². The van der Waals surface area contributed by atoms with Gasteiger partial charge in [-0.25, -0.2) is 4.98 Å². The maximum Gasteiger partial charge on any atom is 2.00 e. The van der Waals surface area contributed by atoms with Gasteiger partial charge in [-0.05, 0) is 110 Å². The Morgan fingerprint density at radius 1 is 0.648 bits per heavy atom. The number of rotatable bonds is 6. The fourth-order valence-corrected chi connectivity index (χ4v) is 8.03. The van der Waals surface area contributed by atoms with Crippen LogP contribution in [-0.4, -0.2) is 19.3 Å². The van der Waals surface area contributed by atoms with Crippen molar-refractivity contribution in [2.75, 3.05) is 0 Å². The maximum absolute atomic E-state index is 6.58. The van der Waals surface area contributed by atoms with Gasteiger partial charge in [-0.15, -0.1) is 35.7 Å². The van der Waals surface area contributed by atoms with Crippen LogP contribution in [0.1, 0.15) is 59.7 Å². The number of fused-ring (bicyclic) bond motifs is 3. The molecule has 8 aromatic rings. The molecule has 272 valence electrons. The average molecular weight is 888 g/mol. The first-order chi connectivity index (χ1) is 25.4. The van der Waals surface area contributed by atoms with Crippen LogP contribution in [0, 0.1) is 53.7 Å². The van der Waals surface area contributed by atoms with Crippen molar-refractivity contribution < 1.29 is 25.8 Å². The van der Waals surface area contributed by atoms with E-state index >= 15 is 0 Å². The minimum Gasteiger partial charge on any atom is -0.509 e. The summed E-state index contributed by atoms with van der Waals surface area (Å²) in [7, 11) is 0. The standard InChI is InChI=1S/C48H44N4O.Pt/c1-29-21-31(3)45(32(4)22-29)41-28-50-52(47(41)46-33(5)23-30(2)24-34(46)6)36-13-12-14-37(26-36)53-38-17-18-40-39-15-10-11-16-42(39)51(43(40)27-38)44-25-35(19-20-49-44)48(7,8)9;/h10-25,28H,1-9H3;/q-2;+2. The third-order valence-corrected chi connectivity index (χ3v) is 10.2. The molecule has 0 aliphatic heterocycles. The van der Waals surface area contributed by atoms with Gasteiger partial charge in [0.15, 0.2) is 0 Å². The molecule has 0 aliphatic rings. The van der Waals surface area contributed by atoms with E-state index in [1.807, 2.05) is 41.3 Å². The Balaban J connectivity index is 0.00000450. The van der Waals surface area contributed by atoms with Crippen LogP contribution in [0.4, 0.5) is 0 Å². The van der Waals surface area contributed by atoms with Gasteiger partial charge in [0.1, 0.15) is 5.82 Å². The molecule has 0 atom stereocenters. The largest absolute Gasteiger partial charge is 2.00 e. The third-order valence-electron chi connectivity index (χ3n) is 10.2. The Labute approximate surface area is 332 Å². The van der Waals surface area contributed by atoms with Crippen LogP contribution in [0.25, 0.3) is 55.7 Å². The summed E-state index contributed by atoms with van der Waals surface area (Å²) in [4.78, 5) is 4.83. The van der Waals surface area contributed by atoms with Gasteiger partial charge in [0.25, 0.3) is 0 Å². The van der Waals surface area contributed by atoms with E-state index < -0.39 is 0 Å². The topological polar surface area (TPSA) is 44.9 Å². The molecule has 0 spiro atoms. The van der Waals surface area contributed by atoms with Crippen molar-refractivity contribution in [1.82, 2.24) is 19.3 Å². The number of pyridine rings is 1. The molecular weight excluding hydrogens is 844 g/mol. The van der Waals surface area contributed by atoms with Gasteiger partial charge in [0, 0.05) is 34.3 Å². The molecule has 0 bridgehead atoms. The molecule has 0 unspecified atom stereocenters. The Morgan fingerprint density at radius 3 is 1.98 bits per heavy atom. The third kappa shape index (κ3) is 6.60. The molecule has 0 aliphatic carbocycles. The van der Waals surface area contributed by atoms with Gasteiger partial charge in [0.2, 0.25) is 0 Å². The smallest absolute Gasteiger partial charge is 0.509 e. The predicted octanol–water partition coefficient (Wildman–Crippen LogP) is 12.2. The van der Waals surface area contributed by atoms with Crippen molar-refractivity contribution in [3.05, 3.63) is 154 Å². The van der Waals surface area contributed by atoms with E-state index in [2.05, 4.69) is 146 Å². The average Bonchev–Trinajstić information content (AvgIpc) is 3.66. The summed E-state index contributed by atoms with van der Waals surface area (Å²) >= 11 is 0. The quantitative estimate of drug-likeness (QED) is 0.156. The number of hydrogen-bond donors (Lipinski definition) is 0. The molecule has 8 rings (SSSR count). The summed E-state index contributed by atoms with van der Waals surface area (Å²) in [5, 5.41) is 7.28. The SMILES string of the molecule is Cc1cc(C)c(-c2cnn(-c3[c-]c(Oc4[c-]c5c(cc4)c4ccccc4n5-c4cc(C(C)(C)C)ccn4)ccc3)c2-c2c(C)cc(C)cc2C)c(C)c1.[Pt+2]. The summed E-state index contributed by atoms with van der Waals surface area (Å²) in [6.45, 7) is 19.7. The van der Waals surface area contributed by atoms with Crippen molar-refractivity contribution in [2.24, 2.45) is 0 Å². The molecular formula is C48H44N4OPt. The van der Waals surface area contributed by atoms with Crippen molar-refractivity contribution in [1.29, 1.82) is 0 Å². The fraction of sp³-hybridized carbons (Fsp3) is 0.208. The van der Waals surface area contributed by atoms with Gasteiger partial charge in [-0.3, -0.25) is 4.68 Å². The number of ether oxygens (including phenoxy) is 1. The van der Waals surface area contributed by atoms with E-state index in [0.717, 1.165) is 44.6 Å². The van der Waals surface area contributed by atoms with Crippen LogP contribution in [0.3, 0.4) is 0 Å². The summed E-state index contributed by atoms with van der Waals surface area (Å²) < 4.78 is 10.8. The molecule has 0 fully saturated rings. The van der Waals surface area contributed by atoms with Crippen LogP contribution in [-0.2, 0) is 26.5 Å². The first-order valence-electron chi connectivity index (χ1n) is 18.2. The summed E-state index contributed by atoms with van der Waals surface area (Å²) in [5.74, 6) is 2.03. The fourth-order valence-electron chi connectivity index (χ4n) is 8.03. The normalized spacial score (nSPS) is 11.6. The number of aromatic nitrogens is 4. The van der Waals surface area contributed by atoms with Gasteiger partial charge in [-0.2, -0.15) is 17.2 Å². The Kier molecular flexibility index (Phi) is 9.74. The molecule has 6 heteroatoms. The van der Waals surface area contributed by atoms with E-state index in [1.165, 1.54) is 50.1 Å². The molecule has 5 nitrogen and oxygen atoms in total. The molecule has 5 aromatic carbocycles. The number of aryl methyl sites for hydroxylation is 6. The zero-order valence-corrected chi connectivity index (χ0v) is 34.6. The molecule has 0 N–H and O–H groups in total. The molecule has 0 saturated heterocycles. The van der Waals surface area contributed by atoms with Crippen molar-refractivity contribution in [2.45, 2.75) is 67.7 Å². The van der Waals surface area contributed by atoms with E-state index in [0.29, 0.717) is 11.5 Å². The zero-order chi connectivity index (χ0) is 37.2. The monoisotopic (exact) mass is 887 g/mol. The van der Waals surface area contributed by atoms with E-state index in [4.69, 9.17) is 14.8 Å². The predicted molar refractivity (Wildman–Crippen MR) is 218 cm³/mol. The van der Waals surface area contributed by atoms with Crippen molar-refractivity contribution in [3.63, 3.8) is 0 Å². The van der Waals surface area contributed by atoms with Crippen LogP contribution < -0.4 is 4.74 Å². The van der Waals surface area contributed by atoms with Crippen LogP contribution in [0.5, 0.6) is 11.5 Å². The summed E-state index contributed by atoms with van der Waals surface area (Å²) in [6, 6.07) is 39.0. The second kappa shape index (κ2) is 14.2. The summed E-state index contributed by atoms with van der Waals surface area (Å²) in [6.07, 6.45) is 3.90. The van der Waals surface area contributed by atoms with E-state index in [1.54, 1.807) is 0 Å². The molecule has 54 heavy (non-hydrogen) atoms. The molecule has 3 heterocycles. The second-order valence-corrected chi connectivity index (χ2v) is 15.5. The zero-order valence-electron chi connectivity index (χ0n) is 32.3. The van der Waals surface area contributed by atoms with Gasteiger partial charge < -0.3 is 9.30 Å². The first-order valence-corrected chi connectivity index (χ1v) is 18.2. The minimum atomic E-state index is -0.0147. The van der Waals surface area contributed by atoms with Crippen LogP contribution >= 0.6 is 0 Å².